The summed E-state index contributed by atoms with van der Waals surface area (Å²) in [6.07, 6.45) is 2.82. The Kier molecular flexibility index (Phi) is 6.06. The van der Waals surface area contributed by atoms with Gasteiger partial charge in [-0.05, 0) is 49.3 Å². The van der Waals surface area contributed by atoms with Gasteiger partial charge in [0.15, 0.2) is 6.04 Å². The number of aliphatic carboxylic acids is 1. The van der Waals surface area contributed by atoms with Crippen LogP contribution in [0.5, 0.6) is 0 Å². The van der Waals surface area contributed by atoms with Crippen molar-refractivity contribution in [2.45, 2.75) is 38.3 Å². The number of fused-ring (bicyclic) bond motifs is 1. The zero-order chi connectivity index (χ0) is 21.8. The average molecular weight is 420 g/mol. The summed E-state index contributed by atoms with van der Waals surface area (Å²) in [5.74, 6) is -1.33. The molecular weight excluding hydrogens is 396 g/mol. The molecular formula is C23H24N4O4. The number of benzene rings is 2. The second-order valence-electron chi connectivity index (χ2n) is 8.00. The first-order valence-electron chi connectivity index (χ1n) is 10.4. The first-order valence-corrected chi connectivity index (χ1v) is 10.4. The van der Waals surface area contributed by atoms with Crippen LogP contribution in [0.25, 0.3) is 10.9 Å². The van der Waals surface area contributed by atoms with Crippen LogP contribution in [0.2, 0.25) is 0 Å². The first kappa shape index (κ1) is 20.7. The summed E-state index contributed by atoms with van der Waals surface area (Å²) >= 11 is 0. The molecule has 3 aromatic rings. The number of rotatable bonds is 6. The smallest absolute Gasteiger partial charge is 0.330 e. The third-order valence-corrected chi connectivity index (χ3v) is 5.94. The number of hydrogen-bond acceptors (Lipinski definition) is 5. The molecule has 0 bridgehead atoms. The maximum Gasteiger partial charge on any atom is 0.330 e. The molecule has 1 aliphatic rings. The monoisotopic (exact) mass is 420 g/mol. The van der Waals surface area contributed by atoms with Gasteiger partial charge in [-0.25, -0.2) is 9.48 Å². The summed E-state index contributed by atoms with van der Waals surface area (Å²) < 4.78 is 1.41. The summed E-state index contributed by atoms with van der Waals surface area (Å²) in [6.45, 7) is 0.465. The molecule has 1 amide bonds. The minimum Gasteiger partial charge on any atom is -0.479 e. The van der Waals surface area contributed by atoms with Crippen molar-refractivity contribution in [2.24, 2.45) is 11.8 Å². The van der Waals surface area contributed by atoms with E-state index in [1.807, 2.05) is 6.07 Å². The van der Waals surface area contributed by atoms with Crippen LogP contribution in [0.15, 0.2) is 59.4 Å². The number of carboxylic acid groups (broad SMARTS) is 1. The van der Waals surface area contributed by atoms with Crippen LogP contribution in [-0.4, -0.2) is 32.0 Å². The van der Waals surface area contributed by atoms with E-state index in [9.17, 15) is 19.5 Å². The number of nitrogens with one attached hydrogen (secondary N) is 1. The van der Waals surface area contributed by atoms with Crippen LogP contribution in [-0.2, 0) is 16.1 Å². The Morgan fingerprint density at radius 1 is 1.03 bits per heavy atom. The van der Waals surface area contributed by atoms with Gasteiger partial charge in [-0.1, -0.05) is 47.7 Å². The van der Waals surface area contributed by atoms with E-state index >= 15 is 0 Å². The molecule has 0 aliphatic heterocycles. The number of carboxylic acids is 1. The Hall–Kier alpha value is -3.55. The van der Waals surface area contributed by atoms with Crippen LogP contribution in [0, 0.1) is 11.8 Å². The molecule has 8 nitrogen and oxygen atoms in total. The Morgan fingerprint density at radius 3 is 2.42 bits per heavy atom. The molecule has 1 saturated carbocycles. The molecule has 1 aliphatic carbocycles. The molecule has 31 heavy (non-hydrogen) atoms. The van der Waals surface area contributed by atoms with E-state index in [0.717, 1.165) is 12.8 Å². The summed E-state index contributed by atoms with van der Waals surface area (Å²) in [6, 6.07) is 14.8. The summed E-state index contributed by atoms with van der Waals surface area (Å²) in [5, 5.41) is 20.9. The highest BCUT2D eigenvalue weighted by atomic mass is 16.4. The maximum atomic E-state index is 12.7. The predicted octanol–water partition coefficient (Wildman–Crippen LogP) is 2.54. The van der Waals surface area contributed by atoms with Gasteiger partial charge in [0.05, 0.1) is 5.39 Å². The molecule has 2 N–H and O–H groups in total. The van der Waals surface area contributed by atoms with Crippen molar-refractivity contribution in [3.05, 3.63) is 70.5 Å². The van der Waals surface area contributed by atoms with Gasteiger partial charge in [0.1, 0.15) is 5.52 Å². The van der Waals surface area contributed by atoms with E-state index < -0.39 is 12.0 Å². The van der Waals surface area contributed by atoms with E-state index in [2.05, 4.69) is 15.6 Å². The minimum absolute atomic E-state index is 0.155. The molecule has 1 aromatic heterocycles. The van der Waals surface area contributed by atoms with Crippen LogP contribution in [0.3, 0.4) is 0 Å². The topological polar surface area (TPSA) is 114 Å². The van der Waals surface area contributed by atoms with Gasteiger partial charge in [0.25, 0.3) is 5.56 Å². The fourth-order valence-corrected chi connectivity index (χ4v) is 4.19. The number of carbonyl (C=O) groups excluding carboxylic acids is 1. The average Bonchev–Trinajstić information content (AvgIpc) is 2.80. The minimum atomic E-state index is -1.08. The van der Waals surface area contributed by atoms with Crippen molar-refractivity contribution in [1.82, 2.24) is 20.3 Å². The molecule has 0 spiro atoms. The molecule has 1 fully saturated rings. The Balaban J connectivity index is 1.36. The van der Waals surface area contributed by atoms with Crippen molar-refractivity contribution in [3.63, 3.8) is 0 Å². The SMILES string of the molecule is O=C(N[C@@H](C(=O)O)c1ccccc1)C1CCC(Cn2nnc3ccccc3c2=O)CC1. The summed E-state index contributed by atoms with van der Waals surface area (Å²) in [5.41, 5.74) is 0.972. The van der Waals surface area contributed by atoms with Gasteiger partial charge in [0, 0.05) is 12.5 Å². The van der Waals surface area contributed by atoms with Gasteiger partial charge in [-0.3, -0.25) is 9.59 Å². The molecule has 1 atom stereocenters. The van der Waals surface area contributed by atoms with E-state index in [0.29, 0.717) is 35.9 Å². The number of hydrogen-bond donors (Lipinski definition) is 2. The van der Waals surface area contributed by atoms with Gasteiger partial charge >= 0.3 is 5.97 Å². The van der Waals surface area contributed by atoms with Crippen molar-refractivity contribution in [3.8, 4) is 0 Å². The van der Waals surface area contributed by atoms with Gasteiger partial charge in [-0.15, -0.1) is 5.10 Å². The van der Waals surface area contributed by atoms with E-state index in [1.165, 1.54) is 4.68 Å². The quantitative estimate of drug-likeness (QED) is 0.633. The number of nitrogens with zero attached hydrogens (tertiary/aromatic N) is 3. The van der Waals surface area contributed by atoms with Crippen molar-refractivity contribution in [1.29, 1.82) is 0 Å². The van der Waals surface area contributed by atoms with Gasteiger partial charge in [-0.2, -0.15) is 0 Å². The van der Waals surface area contributed by atoms with Crippen LogP contribution in [0.4, 0.5) is 0 Å². The molecule has 2 aromatic carbocycles. The fourth-order valence-electron chi connectivity index (χ4n) is 4.19. The molecule has 8 heteroatoms. The lowest BCUT2D eigenvalue weighted by Crippen LogP contribution is -2.39. The normalized spacial score (nSPS) is 19.6. The fraction of sp³-hybridized carbons (Fsp3) is 0.348. The lowest BCUT2D eigenvalue weighted by atomic mass is 9.81. The van der Waals surface area contributed by atoms with Crippen LogP contribution < -0.4 is 10.9 Å². The highest BCUT2D eigenvalue weighted by Gasteiger charge is 2.30. The second-order valence-corrected chi connectivity index (χ2v) is 8.00. The summed E-state index contributed by atoms with van der Waals surface area (Å²) in [4.78, 5) is 37.0. The summed E-state index contributed by atoms with van der Waals surface area (Å²) in [7, 11) is 0. The lowest BCUT2D eigenvalue weighted by molar-refractivity contribution is -0.143. The van der Waals surface area contributed by atoms with E-state index in [1.54, 1.807) is 48.5 Å². The third-order valence-electron chi connectivity index (χ3n) is 5.94. The van der Waals surface area contributed by atoms with E-state index in [-0.39, 0.29) is 23.3 Å². The molecule has 0 unspecified atom stereocenters. The maximum absolute atomic E-state index is 12.7. The largest absolute Gasteiger partial charge is 0.479 e. The lowest BCUT2D eigenvalue weighted by Gasteiger charge is -2.28. The van der Waals surface area contributed by atoms with Crippen molar-refractivity contribution in [2.75, 3.05) is 0 Å². The molecule has 160 valence electrons. The van der Waals surface area contributed by atoms with Crippen LogP contribution in [0.1, 0.15) is 37.3 Å². The van der Waals surface area contributed by atoms with Crippen LogP contribution >= 0.6 is 0 Å². The highest BCUT2D eigenvalue weighted by molar-refractivity contribution is 5.85. The zero-order valence-electron chi connectivity index (χ0n) is 17.0. The number of carbonyl (C=O) groups is 2. The van der Waals surface area contributed by atoms with Gasteiger partial charge < -0.3 is 10.4 Å². The van der Waals surface area contributed by atoms with Crippen molar-refractivity contribution < 1.29 is 14.7 Å². The molecule has 4 rings (SSSR count). The Labute approximate surface area is 178 Å². The predicted molar refractivity (Wildman–Crippen MR) is 114 cm³/mol. The highest BCUT2D eigenvalue weighted by Crippen LogP contribution is 2.30. The standard InChI is InChI=1S/C23H24N4O4/c28-21(24-20(23(30)31)16-6-2-1-3-7-16)17-12-10-15(11-13-17)14-27-22(29)18-8-4-5-9-19(18)25-26-27/h1-9,15,17,20H,10-14H2,(H,24,28)(H,30,31)/t15?,17?,20-/m1/s1. The van der Waals surface area contributed by atoms with E-state index in [4.69, 9.17) is 0 Å². The second kappa shape index (κ2) is 9.07. The molecule has 1 heterocycles. The first-order chi connectivity index (χ1) is 15.0. The molecule has 0 saturated heterocycles. The number of amides is 1. The third kappa shape index (κ3) is 4.63. The zero-order valence-corrected chi connectivity index (χ0v) is 17.0. The van der Waals surface area contributed by atoms with Crippen molar-refractivity contribution >= 4 is 22.8 Å². The van der Waals surface area contributed by atoms with Gasteiger partial charge in [0.2, 0.25) is 5.91 Å². The molecule has 0 radical (unpaired) electrons. The number of aromatic nitrogens is 3. The Morgan fingerprint density at radius 2 is 1.71 bits per heavy atom. The Bertz CT molecular complexity index is 1140.